The highest BCUT2D eigenvalue weighted by molar-refractivity contribution is 7.88. The van der Waals surface area contributed by atoms with Crippen LogP contribution in [0.5, 0.6) is 0 Å². The molecule has 106 valence electrons. The van der Waals surface area contributed by atoms with Gasteiger partial charge < -0.3 is 0 Å². The summed E-state index contributed by atoms with van der Waals surface area (Å²) in [5.74, 6) is -0.00486. The SMILES string of the molecule is Cc1ccccc1CS(=O)(=O)NC(C)c1ccncc1. The first-order chi connectivity index (χ1) is 9.48. The van der Waals surface area contributed by atoms with E-state index in [0.717, 1.165) is 16.7 Å². The highest BCUT2D eigenvalue weighted by atomic mass is 32.2. The van der Waals surface area contributed by atoms with Crippen molar-refractivity contribution in [3.05, 3.63) is 65.5 Å². The molecule has 0 bridgehead atoms. The van der Waals surface area contributed by atoms with E-state index in [9.17, 15) is 8.42 Å². The third kappa shape index (κ3) is 3.88. The average molecular weight is 290 g/mol. The van der Waals surface area contributed by atoms with Gasteiger partial charge in [-0.1, -0.05) is 24.3 Å². The second kappa shape index (κ2) is 6.15. The van der Waals surface area contributed by atoms with Crippen LogP contribution in [0, 0.1) is 6.92 Å². The maximum absolute atomic E-state index is 12.2. The van der Waals surface area contributed by atoms with Crippen LogP contribution in [-0.4, -0.2) is 13.4 Å². The van der Waals surface area contributed by atoms with Crippen molar-refractivity contribution in [3.63, 3.8) is 0 Å². The van der Waals surface area contributed by atoms with Gasteiger partial charge in [-0.25, -0.2) is 13.1 Å². The highest BCUT2D eigenvalue weighted by Crippen LogP contribution is 2.15. The number of rotatable bonds is 5. The van der Waals surface area contributed by atoms with Crippen LogP contribution >= 0.6 is 0 Å². The number of aromatic nitrogens is 1. The van der Waals surface area contributed by atoms with Crippen molar-refractivity contribution in [2.24, 2.45) is 0 Å². The van der Waals surface area contributed by atoms with E-state index in [2.05, 4.69) is 9.71 Å². The van der Waals surface area contributed by atoms with Crippen LogP contribution in [0.25, 0.3) is 0 Å². The number of pyridine rings is 1. The first kappa shape index (κ1) is 14.7. The van der Waals surface area contributed by atoms with Crippen molar-refractivity contribution in [2.45, 2.75) is 25.6 Å². The Labute approximate surface area is 119 Å². The Morgan fingerprint density at radius 3 is 2.45 bits per heavy atom. The summed E-state index contributed by atoms with van der Waals surface area (Å²) >= 11 is 0. The molecule has 0 saturated heterocycles. The van der Waals surface area contributed by atoms with Crippen molar-refractivity contribution >= 4 is 10.0 Å². The van der Waals surface area contributed by atoms with Crippen LogP contribution in [0.3, 0.4) is 0 Å². The van der Waals surface area contributed by atoms with E-state index in [0.29, 0.717) is 0 Å². The zero-order valence-corrected chi connectivity index (χ0v) is 12.4. The summed E-state index contributed by atoms with van der Waals surface area (Å²) in [6.45, 7) is 3.74. The quantitative estimate of drug-likeness (QED) is 0.920. The molecule has 0 aliphatic rings. The fraction of sp³-hybridized carbons (Fsp3) is 0.267. The lowest BCUT2D eigenvalue weighted by molar-refractivity contribution is 0.566. The molecule has 0 aliphatic carbocycles. The predicted molar refractivity (Wildman–Crippen MR) is 79.6 cm³/mol. The summed E-state index contributed by atoms with van der Waals surface area (Å²) in [7, 11) is -3.37. The molecule has 0 radical (unpaired) electrons. The second-order valence-corrected chi connectivity index (χ2v) is 6.56. The maximum atomic E-state index is 12.2. The van der Waals surface area contributed by atoms with Crippen LogP contribution in [-0.2, 0) is 15.8 Å². The van der Waals surface area contributed by atoms with E-state index in [-0.39, 0.29) is 11.8 Å². The summed E-state index contributed by atoms with van der Waals surface area (Å²) in [6, 6.07) is 10.8. The minimum Gasteiger partial charge on any atom is -0.265 e. The maximum Gasteiger partial charge on any atom is 0.216 e. The molecule has 5 heteroatoms. The molecule has 1 heterocycles. The van der Waals surface area contributed by atoms with E-state index in [1.165, 1.54) is 0 Å². The van der Waals surface area contributed by atoms with Crippen LogP contribution in [0.2, 0.25) is 0 Å². The van der Waals surface area contributed by atoms with Crippen LogP contribution in [0.4, 0.5) is 0 Å². The van der Waals surface area contributed by atoms with E-state index in [1.807, 2.05) is 38.1 Å². The molecule has 1 aromatic carbocycles. The van der Waals surface area contributed by atoms with Gasteiger partial charge in [0.1, 0.15) is 0 Å². The fourth-order valence-corrected chi connectivity index (χ4v) is 3.50. The van der Waals surface area contributed by atoms with Gasteiger partial charge >= 0.3 is 0 Å². The molecule has 1 unspecified atom stereocenters. The number of hydrogen-bond acceptors (Lipinski definition) is 3. The van der Waals surface area contributed by atoms with Gasteiger partial charge in [-0.05, 0) is 42.7 Å². The number of benzene rings is 1. The molecular formula is C15H18N2O2S. The summed E-state index contributed by atoms with van der Waals surface area (Å²) in [5.41, 5.74) is 2.70. The first-order valence-corrected chi connectivity index (χ1v) is 8.07. The number of hydrogen-bond donors (Lipinski definition) is 1. The standard InChI is InChI=1S/C15H18N2O2S/c1-12-5-3-4-6-15(12)11-20(18,19)17-13(2)14-7-9-16-10-8-14/h3-10,13,17H,11H2,1-2H3. The Bertz CT molecular complexity index is 669. The normalized spacial score (nSPS) is 13.1. The zero-order chi connectivity index (χ0) is 14.6. The monoisotopic (exact) mass is 290 g/mol. The Morgan fingerprint density at radius 1 is 1.15 bits per heavy atom. The van der Waals surface area contributed by atoms with Gasteiger partial charge in [0.05, 0.1) is 5.75 Å². The molecule has 0 saturated carbocycles. The molecule has 20 heavy (non-hydrogen) atoms. The lowest BCUT2D eigenvalue weighted by Gasteiger charge is -2.15. The molecule has 0 aliphatic heterocycles. The Kier molecular flexibility index (Phi) is 4.52. The lowest BCUT2D eigenvalue weighted by Crippen LogP contribution is -2.28. The molecule has 0 fully saturated rings. The smallest absolute Gasteiger partial charge is 0.216 e. The fourth-order valence-electron chi connectivity index (χ4n) is 2.01. The van der Waals surface area contributed by atoms with Gasteiger partial charge in [0.2, 0.25) is 10.0 Å². The highest BCUT2D eigenvalue weighted by Gasteiger charge is 2.17. The molecule has 4 nitrogen and oxygen atoms in total. The van der Waals surface area contributed by atoms with Crippen LogP contribution in [0.1, 0.15) is 29.7 Å². The number of nitrogens with zero attached hydrogens (tertiary/aromatic N) is 1. The Hall–Kier alpha value is -1.72. The van der Waals surface area contributed by atoms with Gasteiger partial charge in [0.15, 0.2) is 0 Å². The van der Waals surface area contributed by atoms with Gasteiger partial charge in [0, 0.05) is 18.4 Å². The largest absolute Gasteiger partial charge is 0.265 e. The van der Waals surface area contributed by atoms with Crippen molar-refractivity contribution in [2.75, 3.05) is 0 Å². The number of nitrogens with one attached hydrogen (secondary N) is 1. The molecule has 2 aromatic rings. The van der Waals surface area contributed by atoms with E-state index < -0.39 is 10.0 Å². The lowest BCUT2D eigenvalue weighted by atomic mass is 10.1. The molecule has 2 rings (SSSR count). The second-order valence-electron chi connectivity index (χ2n) is 4.81. The van der Waals surface area contributed by atoms with Crippen molar-refractivity contribution in [1.82, 2.24) is 9.71 Å². The minimum atomic E-state index is -3.37. The van der Waals surface area contributed by atoms with Crippen molar-refractivity contribution in [1.29, 1.82) is 0 Å². The Balaban J connectivity index is 2.10. The van der Waals surface area contributed by atoms with Gasteiger partial charge in [0.25, 0.3) is 0 Å². The molecule has 1 N–H and O–H groups in total. The topological polar surface area (TPSA) is 59.1 Å². The molecular weight excluding hydrogens is 272 g/mol. The summed E-state index contributed by atoms with van der Waals surface area (Å²) in [4.78, 5) is 3.93. The van der Waals surface area contributed by atoms with Crippen LogP contribution in [0.15, 0.2) is 48.8 Å². The number of aryl methyl sites for hydroxylation is 1. The molecule has 1 atom stereocenters. The molecule has 0 spiro atoms. The van der Waals surface area contributed by atoms with E-state index in [1.54, 1.807) is 24.5 Å². The first-order valence-electron chi connectivity index (χ1n) is 6.42. The summed E-state index contributed by atoms with van der Waals surface area (Å²) < 4.78 is 27.1. The molecule has 1 aromatic heterocycles. The van der Waals surface area contributed by atoms with Crippen LogP contribution < -0.4 is 4.72 Å². The summed E-state index contributed by atoms with van der Waals surface area (Å²) in [5, 5.41) is 0. The van der Waals surface area contributed by atoms with Gasteiger partial charge in [-0.15, -0.1) is 0 Å². The van der Waals surface area contributed by atoms with Gasteiger partial charge in [-0.3, -0.25) is 4.98 Å². The number of sulfonamides is 1. The average Bonchev–Trinajstić information content (AvgIpc) is 2.41. The van der Waals surface area contributed by atoms with Crippen molar-refractivity contribution < 1.29 is 8.42 Å². The zero-order valence-electron chi connectivity index (χ0n) is 11.6. The summed E-state index contributed by atoms with van der Waals surface area (Å²) in [6.07, 6.45) is 3.31. The van der Waals surface area contributed by atoms with E-state index >= 15 is 0 Å². The molecule has 0 amide bonds. The van der Waals surface area contributed by atoms with Crippen molar-refractivity contribution in [3.8, 4) is 0 Å². The third-order valence-corrected chi connectivity index (χ3v) is 4.57. The Morgan fingerprint density at radius 2 is 1.80 bits per heavy atom. The third-order valence-electron chi connectivity index (χ3n) is 3.17. The predicted octanol–water partition coefficient (Wildman–Crippen LogP) is 2.57. The minimum absolute atomic E-state index is 0.00486. The van der Waals surface area contributed by atoms with Gasteiger partial charge in [-0.2, -0.15) is 0 Å². The van der Waals surface area contributed by atoms with E-state index in [4.69, 9.17) is 0 Å².